The van der Waals surface area contributed by atoms with Gasteiger partial charge in [0, 0.05) is 0 Å². The van der Waals surface area contributed by atoms with Crippen LogP contribution < -0.4 is 19.6 Å². The number of nitrogens with zero attached hydrogens (tertiary/aromatic N) is 1. The maximum atomic E-state index is 12.5. The molecule has 31 heavy (non-hydrogen) atoms. The lowest BCUT2D eigenvalue weighted by Gasteiger charge is -2.11. The topological polar surface area (TPSA) is 99.4 Å². The summed E-state index contributed by atoms with van der Waals surface area (Å²) in [5.74, 6) is 0.789. The summed E-state index contributed by atoms with van der Waals surface area (Å²) in [4.78, 5) is 24.6. The van der Waals surface area contributed by atoms with Gasteiger partial charge in [0.25, 0.3) is 5.91 Å². The van der Waals surface area contributed by atoms with Crippen LogP contribution in [0.25, 0.3) is 0 Å². The van der Waals surface area contributed by atoms with Crippen molar-refractivity contribution in [1.29, 1.82) is 0 Å². The van der Waals surface area contributed by atoms with E-state index in [1.807, 2.05) is 6.92 Å². The molecular weight excluding hydrogens is 400 g/mol. The van der Waals surface area contributed by atoms with Crippen molar-refractivity contribution in [2.45, 2.75) is 13.8 Å². The Bertz CT molecular complexity index is 1100. The fourth-order valence-corrected chi connectivity index (χ4v) is 2.71. The second kappa shape index (κ2) is 10.1. The Balaban J connectivity index is 1.72. The van der Waals surface area contributed by atoms with Gasteiger partial charge in [-0.3, -0.25) is 4.79 Å². The molecule has 3 aromatic rings. The molecule has 1 N–H and O–H groups in total. The number of aryl methyl sites for hydroxylation is 1. The Kier molecular flexibility index (Phi) is 7.05. The summed E-state index contributed by atoms with van der Waals surface area (Å²) in [5, 5.41) is 3.95. The maximum absolute atomic E-state index is 12.5. The maximum Gasteiger partial charge on any atom is 0.343 e. The average Bonchev–Trinajstić information content (AvgIpc) is 3.21. The number of carbonyl (C=O) groups excluding carboxylic acids is 2. The van der Waals surface area contributed by atoms with E-state index in [0.717, 1.165) is 0 Å². The molecule has 0 bridgehead atoms. The van der Waals surface area contributed by atoms with Gasteiger partial charge in [-0.2, -0.15) is 5.10 Å². The summed E-state index contributed by atoms with van der Waals surface area (Å²) in [6, 6.07) is 13.2. The van der Waals surface area contributed by atoms with Crippen LogP contribution in [-0.4, -0.2) is 31.8 Å². The second-order valence-corrected chi connectivity index (χ2v) is 6.35. The number of hydrogen-bond donors (Lipinski definition) is 1. The number of ether oxygens (including phenoxy) is 3. The molecular formula is C23H22N2O6. The van der Waals surface area contributed by atoms with E-state index in [2.05, 4.69) is 10.5 Å². The first-order valence-corrected chi connectivity index (χ1v) is 9.52. The van der Waals surface area contributed by atoms with Crippen molar-refractivity contribution in [2.75, 3.05) is 13.7 Å². The summed E-state index contributed by atoms with van der Waals surface area (Å²) >= 11 is 0. The lowest BCUT2D eigenvalue weighted by Crippen LogP contribution is -2.17. The van der Waals surface area contributed by atoms with Crippen LogP contribution in [0.1, 0.15) is 39.0 Å². The number of hydrazone groups is 1. The summed E-state index contributed by atoms with van der Waals surface area (Å²) in [7, 11) is 1.52. The van der Waals surface area contributed by atoms with Crippen LogP contribution in [0.15, 0.2) is 64.3 Å². The van der Waals surface area contributed by atoms with E-state index in [1.54, 1.807) is 55.5 Å². The lowest BCUT2D eigenvalue weighted by molar-refractivity contribution is 0.0727. The predicted molar refractivity (Wildman–Crippen MR) is 114 cm³/mol. The number of hydrogen-bond acceptors (Lipinski definition) is 7. The van der Waals surface area contributed by atoms with Crippen LogP contribution in [0.4, 0.5) is 0 Å². The van der Waals surface area contributed by atoms with Gasteiger partial charge in [-0.15, -0.1) is 0 Å². The number of esters is 1. The summed E-state index contributed by atoms with van der Waals surface area (Å²) < 4.78 is 21.3. The van der Waals surface area contributed by atoms with Crippen molar-refractivity contribution in [3.05, 3.63) is 77.2 Å². The summed E-state index contributed by atoms with van der Waals surface area (Å²) in [5.41, 5.74) is 3.85. The van der Waals surface area contributed by atoms with E-state index >= 15 is 0 Å². The first kappa shape index (κ1) is 21.6. The van der Waals surface area contributed by atoms with Crippen LogP contribution in [-0.2, 0) is 0 Å². The number of rotatable bonds is 8. The standard InChI is InChI=1S/C23H22N2O6/c1-4-29-21-12-16(14-24-25-22(26)19-10-11-30-15(19)2)8-9-20(21)31-23(27)17-6-5-7-18(13-17)28-3/h5-14H,4H2,1-3H3,(H,25,26). The first-order valence-electron chi connectivity index (χ1n) is 9.52. The van der Waals surface area contributed by atoms with Crippen molar-refractivity contribution < 1.29 is 28.2 Å². The first-order chi connectivity index (χ1) is 15.0. The number of benzene rings is 2. The molecule has 0 unspecified atom stereocenters. The van der Waals surface area contributed by atoms with E-state index in [0.29, 0.717) is 40.6 Å². The zero-order valence-corrected chi connectivity index (χ0v) is 17.4. The third kappa shape index (κ3) is 5.51. The quantitative estimate of drug-likeness (QED) is 0.255. The highest BCUT2D eigenvalue weighted by Crippen LogP contribution is 2.29. The lowest BCUT2D eigenvalue weighted by atomic mass is 10.2. The molecule has 1 aromatic heterocycles. The molecule has 8 nitrogen and oxygen atoms in total. The van der Waals surface area contributed by atoms with Crippen LogP contribution in [0.5, 0.6) is 17.2 Å². The van der Waals surface area contributed by atoms with Crippen molar-refractivity contribution in [3.63, 3.8) is 0 Å². The van der Waals surface area contributed by atoms with Crippen LogP contribution >= 0.6 is 0 Å². The monoisotopic (exact) mass is 422 g/mol. The highest BCUT2D eigenvalue weighted by atomic mass is 16.6. The predicted octanol–water partition coefficient (Wildman–Crippen LogP) is 3.98. The fourth-order valence-electron chi connectivity index (χ4n) is 2.71. The van der Waals surface area contributed by atoms with Crippen molar-refractivity contribution in [2.24, 2.45) is 5.10 Å². The minimum atomic E-state index is -0.538. The highest BCUT2D eigenvalue weighted by Gasteiger charge is 2.14. The van der Waals surface area contributed by atoms with Crippen LogP contribution in [0, 0.1) is 6.92 Å². The molecule has 0 fully saturated rings. The number of nitrogens with one attached hydrogen (secondary N) is 1. The largest absolute Gasteiger partial charge is 0.497 e. The summed E-state index contributed by atoms with van der Waals surface area (Å²) in [6.07, 6.45) is 2.90. The van der Waals surface area contributed by atoms with Gasteiger partial charge in [0.1, 0.15) is 11.5 Å². The van der Waals surface area contributed by atoms with Crippen LogP contribution in [0.3, 0.4) is 0 Å². The minimum Gasteiger partial charge on any atom is -0.497 e. The molecule has 0 aliphatic rings. The molecule has 0 saturated carbocycles. The van der Waals surface area contributed by atoms with E-state index in [-0.39, 0.29) is 11.7 Å². The fraction of sp³-hybridized carbons (Fsp3) is 0.174. The Morgan fingerprint density at radius 3 is 2.68 bits per heavy atom. The van der Waals surface area contributed by atoms with Gasteiger partial charge in [-0.05, 0) is 61.9 Å². The van der Waals surface area contributed by atoms with E-state index in [4.69, 9.17) is 18.6 Å². The number of amides is 1. The molecule has 0 radical (unpaired) electrons. The molecule has 0 aliphatic heterocycles. The Hall–Kier alpha value is -4.07. The minimum absolute atomic E-state index is 0.268. The third-order valence-electron chi connectivity index (χ3n) is 4.26. The molecule has 1 heterocycles. The Morgan fingerprint density at radius 2 is 1.97 bits per heavy atom. The van der Waals surface area contributed by atoms with Gasteiger partial charge in [0.05, 0.1) is 37.3 Å². The molecule has 8 heteroatoms. The van der Waals surface area contributed by atoms with Crippen molar-refractivity contribution >= 4 is 18.1 Å². The zero-order chi connectivity index (χ0) is 22.2. The zero-order valence-electron chi connectivity index (χ0n) is 17.4. The molecule has 2 aromatic carbocycles. The van der Waals surface area contributed by atoms with E-state index in [9.17, 15) is 9.59 Å². The normalized spacial score (nSPS) is 10.7. The summed E-state index contributed by atoms with van der Waals surface area (Å²) in [6.45, 7) is 3.89. The molecule has 0 spiro atoms. The SMILES string of the molecule is CCOc1cc(C=NNC(=O)c2ccoc2C)ccc1OC(=O)c1cccc(OC)c1. The van der Waals surface area contributed by atoms with E-state index < -0.39 is 5.97 Å². The molecule has 0 atom stereocenters. The van der Waals surface area contributed by atoms with Gasteiger partial charge in [0.2, 0.25) is 0 Å². The van der Waals surface area contributed by atoms with Crippen molar-refractivity contribution in [3.8, 4) is 17.2 Å². The van der Waals surface area contributed by atoms with Gasteiger partial charge in [-0.25, -0.2) is 10.2 Å². The Morgan fingerprint density at radius 1 is 1.13 bits per heavy atom. The van der Waals surface area contributed by atoms with Gasteiger partial charge in [0.15, 0.2) is 11.5 Å². The molecule has 160 valence electrons. The average molecular weight is 422 g/mol. The molecule has 0 saturated heterocycles. The molecule has 0 aliphatic carbocycles. The highest BCUT2D eigenvalue weighted by molar-refractivity contribution is 5.95. The Labute approximate surface area is 179 Å². The number of methoxy groups -OCH3 is 1. The van der Waals surface area contributed by atoms with Gasteiger partial charge >= 0.3 is 5.97 Å². The third-order valence-corrected chi connectivity index (χ3v) is 4.26. The van der Waals surface area contributed by atoms with Crippen molar-refractivity contribution in [1.82, 2.24) is 5.43 Å². The molecule has 3 rings (SSSR count). The van der Waals surface area contributed by atoms with E-state index in [1.165, 1.54) is 19.6 Å². The number of carbonyl (C=O) groups is 2. The van der Waals surface area contributed by atoms with Crippen LogP contribution in [0.2, 0.25) is 0 Å². The smallest absolute Gasteiger partial charge is 0.343 e. The second-order valence-electron chi connectivity index (χ2n) is 6.35. The molecule has 1 amide bonds. The van der Waals surface area contributed by atoms with Gasteiger partial charge in [-0.1, -0.05) is 6.07 Å². The van der Waals surface area contributed by atoms with Gasteiger partial charge < -0.3 is 18.6 Å². The number of furan rings is 1.